The first-order valence-corrected chi connectivity index (χ1v) is 5.97. The van der Waals surface area contributed by atoms with Crippen molar-refractivity contribution in [3.63, 3.8) is 0 Å². The molecule has 1 atom stereocenters. The first kappa shape index (κ1) is 13.3. The Bertz CT molecular complexity index is 533. The minimum absolute atomic E-state index is 0.410. The smallest absolute Gasteiger partial charge is 0.326 e. The molecule has 1 aromatic carbocycles. The molecule has 2 amide bonds. The molecule has 0 aliphatic carbocycles. The van der Waals surface area contributed by atoms with Crippen molar-refractivity contribution in [2.24, 2.45) is 0 Å². The monoisotopic (exact) mass is 266 g/mol. The SMILES string of the molecule is CC(C(=O)O)N(C)C(=O)N1CCc2ccc(F)cc21. The summed E-state index contributed by atoms with van der Waals surface area (Å²) in [6.07, 6.45) is 0.649. The Morgan fingerprint density at radius 1 is 1.47 bits per heavy atom. The zero-order valence-corrected chi connectivity index (χ0v) is 10.8. The number of carboxylic acids is 1. The van der Waals surface area contributed by atoms with Crippen molar-refractivity contribution in [1.82, 2.24) is 4.90 Å². The third-order valence-corrected chi connectivity index (χ3v) is 3.41. The van der Waals surface area contributed by atoms with Gasteiger partial charge in [-0.05, 0) is 31.0 Å². The van der Waals surface area contributed by atoms with Crippen molar-refractivity contribution in [2.45, 2.75) is 19.4 Å². The van der Waals surface area contributed by atoms with Crippen LogP contribution in [0.4, 0.5) is 14.9 Å². The predicted molar refractivity (Wildman–Crippen MR) is 67.7 cm³/mol. The number of hydrogen-bond acceptors (Lipinski definition) is 2. The number of fused-ring (bicyclic) bond motifs is 1. The molecule has 1 aromatic rings. The van der Waals surface area contributed by atoms with E-state index in [9.17, 15) is 14.0 Å². The van der Waals surface area contributed by atoms with Crippen LogP contribution in [0, 0.1) is 5.82 Å². The lowest BCUT2D eigenvalue weighted by Crippen LogP contribution is -2.47. The Kier molecular flexibility index (Phi) is 3.42. The van der Waals surface area contributed by atoms with Crippen LogP contribution >= 0.6 is 0 Å². The summed E-state index contributed by atoms with van der Waals surface area (Å²) in [4.78, 5) is 25.7. The van der Waals surface area contributed by atoms with Crippen LogP contribution in [-0.4, -0.2) is 41.6 Å². The molecular formula is C13H15FN2O3. The highest BCUT2D eigenvalue weighted by Crippen LogP contribution is 2.29. The minimum atomic E-state index is -1.07. The molecular weight excluding hydrogens is 251 g/mol. The van der Waals surface area contributed by atoms with E-state index in [1.54, 1.807) is 6.07 Å². The predicted octanol–water partition coefficient (Wildman–Crippen LogP) is 1.71. The number of benzene rings is 1. The zero-order chi connectivity index (χ0) is 14.2. The van der Waals surface area contributed by atoms with Crippen LogP contribution in [0.3, 0.4) is 0 Å². The summed E-state index contributed by atoms with van der Waals surface area (Å²) in [7, 11) is 1.43. The summed E-state index contributed by atoms with van der Waals surface area (Å²) in [6.45, 7) is 1.87. The molecule has 5 nitrogen and oxygen atoms in total. The van der Waals surface area contributed by atoms with Crippen LogP contribution in [-0.2, 0) is 11.2 Å². The van der Waals surface area contributed by atoms with Crippen molar-refractivity contribution in [3.8, 4) is 0 Å². The van der Waals surface area contributed by atoms with Crippen molar-refractivity contribution in [1.29, 1.82) is 0 Å². The molecule has 1 aliphatic heterocycles. The van der Waals surface area contributed by atoms with E-state index in [1.807, 2.05) is 0 Å². The second-order valence-corrected chi connectivity index (χ2v) is 4.58. The second kappa shape index (κ2) is 4.87. The average Bonchev–Trinajstić information content (AvgIpc) is 2.78. The summed E-state index contributed by atoms with van der Waals surface area (Å²) >= 11 is 0. The molecule has 0 bridgehead atoms. The fraction of sp³-hybridized carbons (Fsp3) is 0.385. The Labute approximate surface area is 110 Å². The van der Waals surface area contributed by atoms with Gasteiger partial charge in [-0.2, -0.15) is 0 Å². The van der Waals surface area contributed by atoms with E-state index in [-0.39, 0.29) is 0 Å². The number of aliphatic carboxylic acids is 1. The lowest BCUT2D eigenvalue weighted by molar-refractivity contribution is -0.141. The Hall–Kier alpha value is -2.11. The van der Waals surface area contributed by atoms with Crippen LogP contribution in [0.5, 0.6) is 0 Å². The number of urea groups is 1. The molecule has 102 valence electrons. The maximum atomic E-state index is 13.2. The molecule has 19 heavy (non-hydrogen) atoms. The van der Waals surface area contributed by atoms with Crippen LogP contribution in [0.2, 0.25) is 0 Å². The van der Waals surface area contributed by atoms with Crippen LogP contribution in [0.1, 0.15) is 12.5 Å². The summed E-state index contributed by atoms with van der Waals surface area (Å²) in [5.41, 5.74) is 1.42. The molecule has 0 aromatic heterocycles. The van der Waals surface area contributed by atoms with Gasteiger partial charge in [0.05, 0.1) is 5.69 Å². The normalized spacial score (nSPS) is 15.0. The number of carboxylic acid groups (broad SMARTS) is 1. The molecule has 1 unspecified atom stereocenters. The summed E-state index contributed by atoms with van der Waals surface area (Å²) in [6, 6.07) is 2.96. The number of likely N-dealkylation sites (N-methyl/N-ethyl adjacent to an activating group) is 1. The van der Waals surface area contributed by atoms with E-state index in [0.29, 0.717) is 18.7 Å². The number of rotatable bonds is 2. The topological polar surface area (TPSA) is 60.9 Å². The third-order valence-electron chi connectivity index (χ3n) is 3.41. The van der Waals surface area contributed by atoms with Crippen LogP contribution in [0.15, 0.2) is 18.2 Å². The third kappa shape index (κ3) is 2.38. The molecule has 0 saturated carbocycles. The van der Waals surface area contributed by atoms with Crippen molar-refractivity contribution in [3.05, 3.63) is 29.6 Å². The molecule has 0 fully saturated rings. The molecule has 1 heterocycles. The lowest BCUT2D eigenvalue weighted by atomic mass is 10.2. The van der Waals surface area contributed by atoms with E-state index in [0.717, 1.165) is 10.5 Å². The zero-order valence-electron chi connectivity index (χ0n) is 10.8. The highest BCUT2D eigenvalue weighted by Gasteiger charge is 2.31. The minimum Gasteiger partial charge on any atom is -0.480 e. The Morgan fingerprint density at radius 2 is 2.16 bits per heavy atom. The van der Waals surface area contributed by atoms with Gasteiger partial charge in [0.2, 0.25) is 0 Å². The number of carbonyl (C=O) groups is 2. The highest BCUT2D eigenvalue weighted by atomic mass is 19.1. The number of hydrogen-bond donors (Lipinski definition) is 1. The molecule has 1 aliphatic rings. The van der Waals surface area contributed by atoms with E-state index >= 15 is 0 Å². The van der Waals surface area contributed by atoms with Gasteiger partial charge in [0.15, 0.2) is 0 Å². The number of amides is 2. The summed E-state index contributed by atoms with van der Waals surface area (Å²) in [5, 5.41) is 8.91. The summed E-state index contributed by atoms with van der Waals surface area (Å²) < 4.78 is 13.2. The molecule has 0 saturated heterocycles. The fourth-order valence-corrected chi connectivity index (χ4v) is 2.07. The van der Waals surface area contributed by atoms with E-state index in [4.69, 9.17) is 5.11 Å². The van der Waals surface area contributed by atoms with Gasteiger partial charge in [-0.3, -0.25) is 4.90 Å². The lowest BCUT2D eigenvalue weighted by Gasteiger charge is -2.27. The quantitative estimate of drug-likeness (QED) is 0.886. The van der Waals surface area contributed by atoms with E-state index in [2.05, 4.69) is 0 Å². The molecule has 0 radical (unpaired) electrons. The maximum absolute atomic E-state index is 13.2. The Balaban J connectivity index is 2.24. The first-order valence-electron chi connectivity index (χ1n) is 5.97. The standard InChI is InChI=1S/C13H15FN2O3/c1-8(12(17)18)15(2)13(19)16-6-5-9-3-4-10(14)7-11(9)16/h3-4,7-8H,5-6H2,1-2H3,(H,17,18). The Morgan fingerprint density at radius 3 is 2.79 bits per heavy atom. The highest BCUT2D eigenvalue weighted by molar-refractivity contribution is 5.96. The van der Waals surface area contributed by atoms with Crippen LogP contribution < -0.4 is 4.90 Å². The van der Waals surface area contributed by atoms with Gasteiger partial charge in [-0.1, -0.05) is 6.07 Å². The van der Waals surface area contributed by atoms with Gasteiger partial charge in [-0.25, -0.2) is 14.0 Å². The first-order chi connectivity index (χ1) is 8.91. The van der Waals surface area contributed by atoms with Gasteiger partial charge in [0, 0.05) is 13.6 Å². The van der Waals surface area contributed by atoms with Gasteiger partial charge in [0.25, 0.3) is 0 Å². The number of anilines is 1. The van der Waals surface area contributed by atoms with Gasteiger partial charge < -0.3 is 10.0 Å². The van der Waals surface area contributed by atoms with Gasteiger partial charge >= 0.3 is 12.0 Å². The van der Waals surface area contributed by atoms with Crippen molar-refractivity contribution in [2.75, 3.05) is 18.5 Å². The largest absolute Gasteiger partial charge is 0.480 e. The van der Waals surface area contributed by atoms with E-state index in [1.165, 1.54) is 31.0 Å². The molecule has 0 spiro atoms. The number of nitrogens with zero attached hydrogens (tertiary/aromatic N) is 2. The molecule has 1 N–H and O–H groups in total. The van der Waals surface area contributed by atoms with Gasteiger partial charge in [0.1, 0.15) is 11.9 Å². The average molecular weight is 266 g/mol. The van der Waals surface area contributed by atoms with Gasteiger partial charge in [-0.15, -0.1) is 0 Å². The van der Waals surface area contributed by atoms with Crippen molar-refractivity contribution >= 4 is 17.7 Å². The number of carbonyl (C=O) groups excluding carboxylic acids is 1. The second-order valence-electron chi connectivity index (χ2n) is 4.58. The van der Waals surface area contributed by atoms with Crippen LogP contribution in [0.25, 0.3) is 0 Å². The molecule has 2 rings (SSSR count). The summed E-state index contributed by atoms with van der Waals surface area (Å²) in [5.74, 6) is -1.48. The maximum Gasteiger partial charge on any atom is 0.326 e. The number of halogens is 1. The van der Waals surface area contributed by atoms with Crippen molar-refractivity contribution < 1.29 is 19.1 Å². The molecule has 6 heteroatoms. The van der Waals surface area contributed by atoms with E-state index < -0.39 is 23.9 Å². The fourth-order valence-electron chi connectivity index (χ4n) is 2.07.